The van der Waals surface area contributed by atoms with Crippen molar-refractivity contribution in [2.75, 3.05) is 15.5 Å². The fourth-order valence-corrected chi connectivity index (χ4v) is 6.63. The Morgan fingerprint density at radius 2 is 1.51 bits per heavy atom. The highest BCUT2D eigenvalue weighted by molar-refractivity contribution is 6.34. The van der Waals surface area contributed by atoms with Gasteiger partial charge in [-0.15, -0.1) is 0 Å². The van der Waals surface area contributed by atoms with Gasteiger partial charge in [-0.2, -0.15) is 0 Å². The summed E-state index contributed by atoms with van der Waals surface area (Å²) in [4.78, 5) is 71.8. The smallest absolute Gasteiger partial charge is 0.337 e. The highest BCUT2D eigenvalue weighted by Gasteiger charge is 2.51. The molecule has 0 aliphatic carbocycles. The number of para-hydroxylation sites is 1. The maximum Gasteiger partial charge on any atom is 0.337 e. The maximum absolute atomic E-state index is 14.2. The number of hydrogen-bond donors (Lipinski definition) is 2. The molecule has 11 nitrogen and oxygen atoms in total. The fraction of sp³-hybridized carbons (Fsp3) is 0.356. The van der Waals surface area contributed by atoms with Crippen LogP contribution < -0.4 is 20.3 Å². The average Bonchev–Trinajstić information content (AvgIpc) is 3.82. The second kappa shape index (κ2) is 17.2. The summed E-state index contributed by atoms with van der Waals surface area (Å²) in [5, 5.41) is 5.57. The number of ether oxygens (including phenoxy) is 1. The lowest BCUT2D eigenvalue weighted by molar-refractivity contribution is -0.129. The number of urea groups is 1. The van der Waals surface area contributed by atoms with E-state index in [1.165, 1.54) is 41.0 Å². The predicted octanol–water partition coefficient (Wildman–Crippen LogP) is 10.1. The molecule has 4 aromatic rings. The van der Waals surface area contributed by atoms with Gasteiger partial charge in [0.25, 0.3) is 17.7 Å². The van der Waals surface area contributed by atoms with Crippen LogP contribution >= 0.6 is 11.6 Å². The van der Waals surface area contributed by atoms with Gasteiger partial charge in [0.1, 0.15) is 11.4 Å². The second-order valence-corrected chi connectivity index (χ2v) is 16.0. The van der Waals surface area contributed by atoms with E-state index in [1.807, 2.05) is 13.0 Å². The quantitative estimate of drug-likeness (QED) is 0.0529. The zero-order valence-corrected chi connectivity index (χ0v) is 34.7. The van der Waals surface area contributed by atoms with Gasteiger partial charge in [0.2, 0.25) is 5.78 Å². The molecule has 1 fully saturated rings. The van der Waals surface area contributed by atoms with Gasteiger partial charge in [0.15, 0.2) is 17.9 Å². The largest absolute Gasteiger partial charge is 0.480 e. The summed E-state index contributed by atoms with van der Waals surface area (Å²) in [6.07, 6.45) is 2.56. The molecule has 3 aromatic carbocycles. The molecule has 1 aliphatic rings. The first-order chi connectivity index (χ1) is 26.9. The molecule has 300 valence electrons. The number of benzene rings is 3. The van der Waals surface area contributed by atoms with Gasteiger partial charge < -0.3 is 19.8 Å². The molecule has 5 amide bonds. The molecule has 2 N–H and O–H groups in total. The molecule has 0 spiro atoms. The van der Waals surface area contributed by atoms with Gasteiger partial charge in [-0.3, -0.25) is 24.1 Å². The number of carbonyl (C=O) groups excluding carboxylic acids is 5. The molecule has 1 saturated heterocycles. The number of imide groups is 1. The first-order valence-electron chi connectivity index (χ1n) is 19.2. The van der Waals surface area contributed by atoms with Crippen molar-refractivity contribution in [1.29, 1.82) is 0 Å². The second-order valence-electron chi connectivity index (χ2n) is 15.6. The monoisotopic (exact) mass is 794 g/mol. The topological polar surface area (TPSA) is 138 Å². The third-order valence-electron chi connectivity index (χ3n) is 10.7. The number of rotatable bonds is 15. The lowest BCUT2D eigenvalue weighted by Gasteiger charge is -2.31. The van der Waals surface area contributed by atoms with E-state index >= 15 is 0 Å². The minimum atomic E-state index is -1.98. The molecule has 0 radical (unpaired) electrons. The van der Waals surface area contributed by atoms with E-state index in [-0.39, 0.29) is 38.7 Å². The van der Waals surface area contributed by atoms with E-state index in [0.717, 1.165) is 18.4 Å². The van der Waals surface area contributed by atoms with E-state index in [1.54, 1.807) is 50.2 Å². The van der Waals surface area contributed by atoms with E-state index in [4.69, 9.17) is 20.8 Å². The first-order valence-corrected chi connectivity index (χ1v) is 19.5. The third-order valence-corrected chi connectivity index (χ3v) is 11.1. The molecular formula is C45H51ClN4O7. The first kappa shape index (κ1) is 42.5. The Hall–Kier alpha value is -5.68. The number of carbonyl (C=O) groups is 5. The molecule has 1 aliphatic heterocycles. The van der Waals surface area contributed by atoms with E-state index < -0.39 is 41.7 Å². The number of anilines is 3. The third kappa shape index (κ3) is 8.83. The Kier molecular flexibility index (Phi) is 12.8. The van der Waals surface area contributed by atoms with E-state index in [0.29, 0.717) is 28.3 Å². The van der Waals surface area contributed by atoms with Gasteiger partial charge >= 0.3 is 6.03 Å². The Morgan fingerprint density at radius 3 is 2.11 bits per heavy atom. The van der Waals surface area contributed by atoms with Crippen LogP contribution in [-0.4, -0.2) is 46.6 Å². The predicted molar refractivity (Wildman–Crippen MR) is 223 cm³/mol. The highest BCUT2D eigenvalue weighted by Crippen LogP contribution is 2.39. The minimum absolute atomic E-state index is 0.0119. The lowest BCUT2D eigenvalue weighted by Crippen LogP contribution is -2.52. The Morgan fingerprint density at radius 1 is 0.825 bits per heavy atom. The molecule has 0 saturated carbocycles. The van der Waals surface area contributed by atoms with Crippen molar-refractivity contribution in [3.05, 3.63) is 118 Å². The van der Waals surface area contributed by atoms with Crippen LogP contribution in [-0.2, 0) is 25.2 Å². The van der Waals surface area contributed by atoms with E-state index in [2.05, 4.69) is 64.3 Å². The van der Waals surface area contributed by atoms with Crippen LogP contribution in [0.4, 0.5) is 21.9 Å². The van der Waals surface area contributed by atoms with Crippen LogP contribution in [0.1, 0.15) is 103 Å². The number of Topliss-reactive ketones (excluding diaryl/α,β-unsaturated/α-hetero) is 1. The summed E-state index contributed by atoms with van der Waals surface area (Å²) >= 11 is 6.55. The van der Waals surface area contributed by atoms with Crippen molar-refractivity contribution >= 4 is 58.2 Å². The summed E-state index contributed by atoms with van der Waals surface area (Å²) < 4.78 is 11.8. The molecule has 2 atom stereocenters. The molecule has 0 bridgehead atoms. The van der Waals surface area contributed by atoms with Crippen LogP contribution in [0.2, 0.25) is 5.02 Å². The molecule has 1 aromatic heterocycles. The Balaban J connectivity index is 1.43. The summed E-state index contributed by atoms with van der Waals surface area (Å²) in [5.74, 6) is -2.83. The SMILES string of the molecule is CCC(Oc1ccc(C(C)(C)CC)cc1C(C)(C)CC)C(=O)Nc1ccc(Cl)c(NC(=O)C(C(=O)c2ccco2)N2C(=O)C(=C(C)C)N(c3ccccc3)C2=O)c1. The van der Waals surface area contributed by atoms with Crippen molar-refractivity contribution in [3.8, 4) is 5.75 Å². The zero-order valence-electron chi connectivity index (χ0n) is 34.0. The Labute approximate surface area is 339 Å². The number of allylic oxidation sites excluding steroid dienone is 1. The number of amides is 5. The van der Waals surface area contributed by atoms with Crippen LogP contribution in [0.25, 0.3) is 0 Å². The van der Waals surface area contributed by atoms with E-state index in [9.17, 15) is 24.0 Å². The van der Waals surface area contributed by atoms with Crippen molar-refractivity contribution in [1.82, 2.24) is 4.90 Å². The normalized spacial score (nSPS) is 14.4. The molecule has 5 rings (SSSR count). The number of ketones is 1. The average molecular weight is 795 g/mol. The maximum atomic E-state index is 14.2. The molecule has 2 unspecified atom stereocenters. The van der Waals surface area contributed by atoms with Crippen LogP contribution in [0.5, 0.6) is 5.75 Å². The summed E-state index contributed by atoms with van der Waals surface area (Å²) in [6, 6.07) is 19.0. The fourth-order valence-electron chi connectivity index (χ4n) is 6.46. The van der Waals surface area contributed by atoms with Crippen molar-refractivity contribution in [2.24, 2.45) is 0 Å². The van der Waals surface area contributed by atoms with Crippen LogP contribution in [0, 0.1) is 0 Å². The minimum Gasteiger partial charge on any atom is -0.480 e. The summed E-state index contributed by atoms with van der Waals surface area (Å²) in [5.41, 5.74) is 3.13. The van der Waals surface area contributed by atoms with Gasteiger partial charge in [-0.1, -0.05) is 90.4 Å². The summed E-state index contributed by atoms with van der Waals surface area (Å²) in [7, 11) is 0. The zero-order chi connectivity index (χ0) is 41.8. The Bertz CT molecular complexity index is 2190. The number of nitrogens with one attached hydrogen (secondary N) is 2. The number of halogens is 1. The van der Waals surface area contributed by atoms with Crippen molar-refractivity contribution in [3.63, 3.8) is 0 Å². The number of furan rings is 1. The van der Waals surface area contributed by atoms with Gasteiger partial charge in [0.05, 0.1) is 22.7 Å². The molecule has 2 heterocycles. The van der Waals surface area contributed by atoms with Gasteiger partial charge in [0, 0.05) is 11.3 Å². The molecule has 57 heavy (non-hydrogen) atoms. The molecular weight excluding hydrogens is 744 g/mol. The number of hydrogen-bond acceptors (Lipinski definition) is 7. The highest BCUT2D eigenvalue weighted by atomic mass is 35.5. The lowest BCUT2D eigenvalue weighted by atomic mass is 9.76. The standard InChI is InChI=1S/C45H51ClN4O7/c1-10-34(57-35-23-20-28(44(6,7)11-2)25-31(35)45(8,9)12-3)40(52)47-29-21-22-32(46)33(26-29)48-41(53)38(39(51)36-19-16-24-56-36)50-42(54)37(27(4)5)49(43(50)55)30-17-14-13-15-18-30/h13-26,34,38H,10-12H2,1-9H3,(H,47,52)(H,48,53). The van der Waals surface area contributed by atoms with Crippen LogP contribution in [0.3, 0.4) is 0 Å². The molecule has 12 heteroatoms. The van der Waals surface area contributed by atoms with Crippen molar-refractivity contribution < 1.29 is 33.1 Å². The number of nitrogens with zero attached hydrogens (tertiary/aromatic N) is 2. The van der Waals surface area contributed by atoms with Gasteiger partial charge in [-0.05, 0) is 104 Å². The summed E-state index contributed by atoms with van der Waals surface area (Å²) in [6.45, 7) is 18.2. The van der Waals surface area contributed by atoms with Crippen LogP contribution in [0.15, 0.2) is 101 Å². The van der Waals surface area contributed by atoms with Gasteiger partial charge in [-0.25, -0.2) is 9.69 Å². The van der Waals surface area contributed by atoms with Crippen molar-refractivity contribution in [2.45, 2.75) is 105 Å².